The van der Waals surface area contributed by atoms with Crippen molar-refractivity contribution in [1.29, 1.82) is 0 Å². The molecule has 3 aromatic rings. The number of nitrogens with zero attached hydrogens (tertiary/aromatic N) is 1. The molecule has 0 saturated heterocycles. The Balaban J connectivity index is 1.43. The maximum Gasteiger partial charge on any atom is 0.257 e. The standard InChI is InChI=1S/C27H26ClFN4O2/c28-20-15-21(29)17-24(16-20)32-27(33-26(35)19-9-5-2-6-10-19)31-23-13-11-22(12-14-23)30-25(34)18-7-3-1-4-8-18/h1-10,15-17,22-23H,11-14H2,(H,30,34)(H2,31,32,33,35). The van der Waals surface area contributed by atoms with E-state index >= 15 is 0 Å². The van der Waals surface area contributed by atoms with Gasteiger partial charge in [-0.1, -0.05) is 48.0 Å². The van der Waals surface area contributed by atoms with Gasteiger partial charge in [-0.3, -0.25) is 14.9 Å². The Labute approximate surface area is 208 Å². The molecular weight excluding hydrogens is 467 g/mol. The molecule has 0 heterocycles. The summed E-state index contributed by atoms with van der Waals surface area (Å²) < 4.78 is 13.8. The average Bonchev–Trinajstić information content (AvgIpc) is 2.85. The van der Waals surface area contributed by atoms with Gasteiger partial charge in [0.15, 0.2) is 0 Å². The van der Waals surface area contributed by atoms with Gasteiger partial charge >= 0.3 is 0 Å². The van der Waals surface area contributed by atoms with Gasteiger partial charge in [0.2, 0.25) is 5.96 Å². The molecule has 1 aliphatic rings. The number of guanidine groups is 1. The first-order valence-corrected chi connectivity index (χ1v) is 11.9. The molecule has 35 heavy (non-hydrogen) atoms. The number of amides is 2. The van der Waals surface area contributed by atoms with Crippen LogP contribution >= 0.6 is 11.6 Å². The number of benzene rings is 3. The Morgan fingerprint density at radius 2 is 1.43 bits per heavy atom. The third-order valence-electron chi connectivity index (χ3n) is 5.77. The van der Waals surface area contributed by atoms with E-state index in [1.54, 1.807) is 42.5 Å². The van der Waals surface area contributed by atoms with Crippen LogP contribution in [0.1, 0.15) is 46.4 Å². The summed E-state index contributed by atoms with van der Waals surface area (Å²) in [5.74, 6) is -0.693. The SMILES string of the molecule is O=C(NC(=NC1CCC(NC(=O)c2ccccc2)CC1)Nc1cc(F)cc(Cl)c1)c1ccccc1. The highest BCUT2D eigenvalue weighted by molar-refractivity contribution is 6.31. The fourth-order valence-electron chi connectivity index (χ4n) is 4.02. The maximum atomic E-state index is 13.8. The van der Waals surface area contributed by atoms with E-state index in [4.69, 9.17) is 16.6 Å². The lowest BCUT2D eigenvalue weighted by Crippen LogP contribution is -2.40. The molecular formula is C27H26ClFN4O2. The second-order valence-corrected chi connectivity index (χ2v) is 8.86. The van der Waals surface area contributed by atoms with E-state index in [0.29, 0.717) is 16.8 Å². The fraction of sp³-hybridized carbons (Fsp3) is 0.222. The zero-order valence-corrected chi connectivity index (χ0v) is 19.8. The lowest BCUT2D eigenvalue weighted by molar-refractivity contribution is 0.0924. The van der Waals surface area contributed by atoms with Crippen molar-refractivity contribution in [3.8, 4) is 0 Å². The fourth-order valence-corrected chi connectivity index (χ4v) is 4.24. The van der Waals surface area contributed by atoms with Gasteiger partial charge in [-0.15, -0.1) is 0 Å². The predicted molar refractivity (Wildman–Crippen MR) is 136 cm³/mol. The number of rotatable bonds is 5. The van der Waals surface area contributed by atoms with E-state index < -0.39 is 5.82 Å². The van der Waals surface area contributed by atoms with E-state index in [1.807, 2.05) is 24.3 Å². The first-order valence-electron chi connectivity index (χ1n) is 11.5. The number of carbonyl (C=O) groups is 2. The summed E-state index contributed by atoms with van der Waals surface area (Å²) in [6.07, 6.45) is 2.99. The van der Waals surface area contributed by atoms with Crippen molar-refractivity contribution in [1.82, 2.24) is 10.6 Å². The van der Waals surface area contributed by atoms with Gasteiger partial charge in [-0.05, 0) is 68.1 Å². The molecule has 2 amide bonds. The number of halogens is 2. The van der Waals surface area contributed by atoms with Gasteiger partial charge in [0.1, 0.15) is 5.82 Å². The minimum atomic E-state index is -0.497. The minimum Gasteiger partial charge on any atom is -0.349 e. The quantitative estimate of drug-likeness (QED) is 0.328. The van der Waals surface area contributed by atoms with E-state index in [1.165, 1.54) is 12.1 Å². The van der Waals surface area contributed by atoms with Gasteiger partial charge in [0.05, 0.1) is 6.04 Å². The molecule has 0 radical (unpaired) electrons. The molecule has 4 rings (SSSR count). The number of hydrogen-bond donors (Lipinski definition) is 3. The van der Waals surface area contributed by atoms with Crippen molar-refractivity contribution >= 4 is 35.1 Å². The Kier molecular flexibility index (Phi) is 8.11. The van der Waals surface area contributed by atoms with Crippen LogP contribution in [0.3, 0.4) is 0 Å². The monoisotopic (exact) mass is 492 g/mol. The lowest BCUT2D eigenvalue weighted by Gasteiger charge is -2.27. The third-order valence-corrected chi connectivity index (χ3v) is 5.99. The third kappa shape index (κ3) is 7.13. The molecule has 0 unspecified atom stereocenters. The summed E-state index contributed by atoms with van der Waals surface area (Å²) >= 11 is 5.99. The van der Waals surface area contributed by atoms with Gasteiger partial charge < -0.3 is 10.6 Å². The molecule has 0 aromatic heterocycles. The summed E-state index contributed by atoms with van der Waals surface area (Å²) in [6.45, 7) is 0. The molecule has 3 N–H and O–H groups in total. The highest BCUT2D eigenvalue weighted by atomic mass is 35.5. The minimum absolute atomic E-state index is 0.0616. The van der Waals surface area contributed by atoms with Gasteiger partial charge in [0.25, 0.3) is 11.8 Å². The van der Waals surface area contributed by atoms with Crippen molar-refractivity contribution in [3.63, 3.8) is 0 Å². The molecule has 0 spiro atoms. The van der Waals surface area contributed by atoms with Gasteiger partial charge in [-0.25, -0.2) is 9.38 Å². The molecule has 3 aromatic carbocycles. The number of carbonyl (C=O) groups excluding carboxylic acids is 2. The topological polar surface area (TPSA) is 82.6 Å². The average molecular weight is 493 g/mol. The molecule has 1 fully saturated rings. The molecule has 180 valence electrons. The normalized spacial score (nSPS) is 17.9. The Hall–Kier alpha value is -3.71. The Morgan fingerprint density at radius 1 is 0.829 bits per heavy atom. The highest BCUT2D eigenvalue weighted by Crippen LogP contribution is 2.23. The Morgan fingerprint density at radius 3 is 2.03 bits per heavy atom. The summed E-state index contributed by atoms with van der Waals surface area (Å²) in [4.78, 5) is 29.9. The number of aliphatic imine (C=N–C) groups is 1. The van der Waals surface area contributed by atoms with Crippen molar-refractivity contribution in [2.45, 2.75) is 37.8 Å². The molecule has 0 bridgehead atoms. The van der Waals surface area contributed by atoms with Gasteiger partial charge in [0, 0.05) is 27.9 Å². The van der Waals surface area contributed by atoms with Crippen LogP contribution in [0, 0.1) is 5.82 Å². The van der Waals surface area contributed by atoms with Crippen LogP contribution in [0.5, 0.6) is 0 Å². The zero-order valence-electron chi connectivity index (χ0n) is 19.0. The smallest absolute Gasteiger partial charge is 0.257 e. The van der Waals surface area contributed by atoms with E-state index in [0.717, 1.165) is 25.7 Å². The van der Waals surface area contributed by atoms with Crippen LogP contribution in [-0.2, 0) is 0 Å². The number of hydrogen-bond acceptors (Lipinski definition) is 3. The zero-order chi connectivity index (χ0) is 24.6. The van der Waals surface area contributed by atoms with Crippen LogP contribution in [0.25, 0.3) is 0 Å². The van der Waals surface area contributed by atoms with Crippen LogP contribution in [0.15, 0.2) is 83.9 Å². The second-order valence-electron chi connectivity index (χ2n) is 8.43. The number of nitrogens with one attached hydrogen (secondary N) is 3. The van der Waals surface area contributed by atoms with Crippen molar-refractivity contribution in [2.75, 3.05) is 5.32 Å². The summed E-state index contributed by atoms with van der Waals surface area (Å²) in [5, 5.41) is 9.11. The molecule has 8 heteroatoms. The van der Waals surface area contributed by atoms with E-state index in [-0.39, 0.29) is 34.9 Å². The summed E-state index contributed by atoms with van der Waals surface area (Å²) in [6, 6.07) is 22.0. The highest BCUT2D eigenvalue weighted by Gasteiger charge is 2.23. The predicted octanol–water partition coefficient (Wildman–Crippen LogP) is 5.42. The molecule has 1 aliphatic carbocycles. The Bertz CT molecular complexity index is 1180. The van der Waals surface area contributed by atoms with Crippen LogP contribution < -0.4 is 16.0 Å². The lowest BCUT2D eigenvalue weighted by atomic mass is 9.91. The summed E-state index contributed by atoms with van der Waals surface area (Å²) in [7, 11) is 0. The molecule has 0 atom stereocenters. The molecule has 0 aliphatic heterocycles. The van der Waals surface area contributed by atoms with Gasteiger partial charge in [-0.2, -0.15) is 0 Å². The maximum absolute atomic E-state index is 13.8. The summed E-state index contributed by atoms with van der Waals surface area (Å²) in [5.41, 5.74) is 1.49. The van der Waals surface area contributed by atoms with Crippen LogP contribution in [0.4, 0.5) is 10.1 Å². The second kappa shape index (κ2) is 11.6. The van der Waals surface area contributed by atoms with Crippen LogP contribution in [-0.4, -0.2) is 29.9 Å². The van der Waals surface area contributed by atoms with Crippen molar-refractivity contribution in [2.24, 2.45) is 4.99 Å². The molecule has 6 nitrogen and oxygen atoms in total. The first-order chi connectivity index (χ1) is 17.0. The van der Waals surface area contributed by atoms with E-state index in [9.17, 15) is 14.0 Å². The van der Waals surface area contributed by atoms with Crippen LogP contribution in [0.2, 0.25) is 5.02 Å². The largest absolute Gasteiger partial charge is 0.349 e. The molecule has 1 saturated carbocycles. The first kappa shape index (κ1) is 24.4. The van der Waals surface area contributed by atoms with E-state index in [2.05, 4.69) is 16.0 Å². The van der Waals surface area contributed by atoms with Crippen molar-refractivity contribution in [3.05, 3.63) is 101 Å². The number of anilines is 1. The van der Waals surface area contributed by atoms with Crippen molar-refractivity contribution < 1.29 is 14.0 Å².